The van der Waals surface area contributed by atoms with Crippen LogP contribution in [0.15, 0.2) is 171 Å². The van der Waals surface area contributed by atoms with Crippen LogP contribution < -0.4 is 20.9 Å². The van der Waals surface area contributed by atoms with Crippen LogP contribution in [0, 0.1) is 11.8 Å². The molecule has 6 aliphatic rings. The second-order valence-corrected chi connectivity index (χ2v) is 31.2. The molecule has 30 nitrogen and oxygen atoms in total. The van der Waals surface area contributed by atoms with E-state index in [2.05, 4.69) is 45.0 Å². The Kier molecular flexibility index (Phi) is 27.4. The summed E-state index contributed by atoms with van der Waals surface area (Å²) < 4.78 is 31.6. The molecule has 5 aromatic rings. The number of esters is 4. The van der Waals surface area contributed by atoms with Crippen molar-refractivity contribution >= 4 is 145 Å². The Balaban J connectivity index is 0.000000191. The number of phenolic OH excluding ortho intramolecular Hbond substituents is 1. The topological polar surface area (TPSA) is 410 Å². The van der Waals surface area contributed by atoms with Crippen molar-refractivity contribution in [1.29, 1.82) is 0 Å². The number of hydrogen-bond acceptors (Lipinski definition) is 31. The lowest BCUT2D eigenvalue weighted by Crippen LogP contribution is -2.64. The first-order valence-corrected chi connectivity index (χ1v) is 38.2. The molecule has 3 saturated heterocycles. The number of carboxylic acids is 1. The number of methoxy groups -OCH3 is 2. The van der Waals surface area contributed by atoms with Gasteiger partial charge < -0.3 is 59.8 Å². The summed E-state index contributed by atoms with van der Waals surface area (Å²) in [6.07, 6.45) is 5.55. The largest absolute Gasteiger partial charge is 0.507 e. The average molecular weight is 1590 g/mol. The number of Topliss-reactive ketones (excluding diaryl/α,β-unsaturated/α-hetero) is 2. The number of β-lactam (4-membered cyclic amide) rings is 3. The molecule has 35 heteroatoms. The molecule has 574 valence electrons. The van der Waals surface area contributed by atoms with Crippen LogP contribution in [0.3, 0.4) is 0 Å². The van der Waals surface area contributed by atoms with Crippen molar-refractivity contribution in [3.05, 3.63) is 183 Å². The second-order valence-electron chi connectivity index (χ2n) is 26.1. The number of carboxylic acid groups (broad SMARTS) is 1. The quantitative estimate of drug-likeness (QED) is 0.0120. The summed E-state index contributed by atoms with van der Waals surface area (Å²) >= 11 is 6.47. The Morgan fingerprint density at radius 3 is 1.35 bits per heavy atom. The first-order valence-electron chi connectivity index (χ1n) is 33.3. The van der Waals surface area contributed by atoms with Crippen LogP contribution >= 0.6 is 58.0 Å². The Hall–Kier alpha value is -10.9. The zero-order valence-corrected chi connectivity index (χ0v) is 64.4. The first-order chi connectivity index (χ1) is 51.9. The van der Waals surface area contributed by atoms with Crippen LogP contribution in [0.4, 0.5) is 10.3 Å². The minimum absolute atomic E-state index is 0.00159. The number of thiazole rings is 2. The van der Waals surface area contributed by atoms with E-state index in [4.69, 9.17) is 49.6 Å². The van der Waals surface area contributed by atoms with E-state index in [-0.39, 0.29) is 93.3 Å². The molecule has 0 saturated carbocycles. The van der Waals surface area contributed by atoms with E-state index in [0.29, 0.717) is 51.0 Å². The minimum Gasteiger partial charge on any atom is -0.507 e. The predicted octanol–water partition coefficient (Wildman–Crippen LogP) is 8.56. The lowest BCUT2D eigenvalue weighted by molar-refractivity contribution is -0.161. The number of aliphatic carboxylic acids is 1. The van der Waals surface area contributed by atoms with E-state index in [1.165, 1.54) is 79.1 Å². The fourth-order valence-corrected chi connectivity index (χ4v) is 16.4. The molecule has 0 bridgehead atoms. The number of carbonyl (C=O) groups excluding carboxylic acids is 9. The molecule has 0 radical (unpaired) electrons. The van der Waals surface area contributed by atoms with Crippen LogP contribution in [0.2, 0.25) is 0 Å². The van der Waals surface area contributed by atoms with Crippen molar-refractivity contribution in [1.82, 2.24) is 24.7 Å². The normalized spacial score (nSPS) is 19.5. The molecule has 3 amide bonds. The van der Waals surface area contributed by atoms with Crippen molar-refractivity contribution in [3.63, 3.8) is 0 Å². The van der Waals surface area contributed by atoms with Crippen LogP contribution in [-0.4, -0.2) is 190 Å². The van der Waals surface area contributed by atoms with Crippen LogP contribution in [0.25, 0.3) is 0 Å². The maximum atomic E-state index is 13.4. The standard InChI is InChI=1S/C29H32N4O8S2.C24H22N2O5S.C21H24N4O7S2/c1-6-17-14-42-26-19(25(36)33(26)24(17)27(37)39-12-16-7-9-18(38-5)10-8-16)11-21(34)23(20-15-43-28(30)31-20)32-40-13-22(35)41-29(2,3)4;1-3-16-14-32-23-20(25-12-17-6-4-5-7-19(17)27)22(28)26(23)21(16)24(29)31-13-15-8-10-18(30-2)11-9-15;1-5-10-8-33-18-11(17(28)25(18)16(10)19(29)30)6-13(26)15(12-9-34-20(22)23-12)24-31-7-14(27)32-21(2,3)4/h6-10,15,19,26H,1,11-14H2,2-5H3,(H2,30,31);3-12,20,23,27H,1,13-14H2,2H3;5,9,11,18H,1,6-8H2,2-4H3,(H2,22,23)(H,29,30)/b32-23-;;24-15-/t19-,26-;20-,23-;11-,18-/m111/s1. The van der Waals surface area contributed by atoms with E-state index >= 15 is 0 Å². The van der Waals surface area contributed by atoms with E-state index in [1.54, 1.807) is 123 Å². The number of nitrogens with two attached hydrogens (primary N) is 2. The molecule has 0 spiro atoms. The van der Waals surface area contributed by atoms with Crippen molar-refractivity contribution in [3.8, 4) is 17.2 Å². The van der Waals surface area contributed by atoms with Gasteiger partial charge in [0.2, 0.25) is 25.0 Å². The molecule has 3 fully saturated rings. The monoisotopic (exact) mass is 1590 g/mol. The fraction of sp³-hybridized carbons (Fsp3) is 0.338. The highest BCUT2D eigenvalue weighted by atomic mass is 32.2. The third-order valence-electron chi connectivity index (χ3n) is 16.3. The number of benzene rings is 3. The van der Waals surface area contributed by atoms with Crippen molar-refractivity contribution in [2.45, 2.75) is 101 Å². The number of aromatic nitrogens is 2. The van der Waals surface area contributed by atoms with Gasteiger partial charge in [-0.2, -0.15) is 0 Å². The number of anilines is 2. The molecule has 0 unspecified atom stereocenters. The molecule has 8 heterocycles. The number of amides is 3. The van der Waals surface area contributed by atoms with Gasteiger partial charge in [-0.1, -0.05) is 84.7 Å². The summed E-state index contributed by atoms with van der Waals surface area (Å²) in [7, 11) is 3.14. The number of rotatable bonds is 28. The second kappa shape index (κ2) is 36.3. The molecular weight excluding hydrogens is 1510 g/mol. The molecule has 6 aliphatic heterocycles. The maximum Gasteiger partial charge on any atom is 0.355 e. The Labute approximate surface area is 647 Å². The molecule has 3 aromatic carbocycles. The number of nitrogens with zero attached hydrogens (tertiary/aromatic N) is 8. The van der Waals surface area contributed by atoms with Gasteiger partial charge in [0.1, 0.15) is 75.5 Å². The molecule has 0 aliphatic carbocycles. The number of phenols is 1. The molecule has 6 atom stereocenters. The Morgan fingerprint density at radius 2 is 0.972 bits per heavy atom. The van der Waals surface area contributed by atoms with Gasteiger partial charge in [0.15, 0.2) is 39.3 Å². The highest BCUT2D eigenvalue weighted by Gasteiger charge is 2.57. The Morgan fingerprint density at radius 1 is 0.578 bits per heavy atom. The summed E-state index contributed by atoms with van der Waals surface area (Å²) in [5.41, 5.74) is 13.9. The van der Waals surface area contributed by atoms with Gasteiger partial charge in [0.05, 0.1) is 36.8 Å². The zero-order valence-electron chi connectivity index (χ0n) is 60.4. The molecule has 109 heavy (non-hydrogen) atoms. The number of ether oxygens (including phenoxy) is 6. The molecule has 11 rings (SSSR count). The number of aromatic hydroxyl groups is 1. The number of aliphatic imine (C=N–C) groups is 1. The van der Waals surface area contributed by atoms with Crippen LogP contribution in [-0.2, 0) is 89.8 Å². The van der Waals surface area contributed by atoms with Crippen molar-refractivity contribution < 1.29 is 96.3 Å². The van der Waals surface area contributed by atoms with E-state index in [9.17, 15) is 58.2 Å². The van der Waals surface area contributed by atoms with E-state index in [1.807, 2.05) is 12.1 Å². The first kappa shape index (κ1) is 82.2. The highest BCUT2D eigenvalue weighted by molar-refractivity contribution is 8.00. The predicted molar refractivity (Wildman–Crippen MR) is 410 cm³/mol. The molecule has 2 aromatic heterocycles. The van der Waals surface area contributed by atoms with Gasteiger partial charge in [-0.3, -0.25) is 43.7 Å². The van der Waals surface area contributed by atoms with E-state index in [0.717, 1.165) is 33.8 Å². The van der Waals surface area contributed by atoms with Gasteiger partial charge in [-0.05, 0) is 106 Å². The number of fused-ring (bicyclic) bond motifs is 3. The number of oxime groups is 2. The van der Waals surface area contributed by atoms with Gasteiger partial charge >= 0.3 is 29.8 Å². The number of thioether (sulfide) groups is 3. The smallest absolute Gasteiger partial charge is 0.355 e. The zero-order chi connectivity index (χ0) is 79.2. The molecular formula is C74H78N10O20S5. The highest BCUT2D eigenvalue weighted by Crippen LogP contribution is 2.48. The summed E-state index contributed by atoms with van der Waals surface area (Å²) in [6.45, 7) is 20.4. The van der Waals surface area contributed by atoms with Gasteiger partial charge in [-0.15, -0.1) is 58.0 Å². The number of carbonyl (C=O) groups is 10. The number of para-hydroxylation sites is 1. The SMILES string of the molecule is C=CC1=C(C(=O)O)N2C(=O)[C@@H](CC(=O)/C(=N\OCC(=O)OC(C)(C)C)c3csc(N)n3)[C@H]2SC1.C=CC1=C(C(=O)OCc2ccc(OC)cc2)N2C(=O)[C@@H](CC(=O)/C(=N\OCC(=O)OC(C)(C)C)c3csc(N)n3)[C@H]2SC1.C=CC1=C(C(=O)OCc2ccc(OC)cc2)N2C(=O)[C@@H](N=Cc3ccccc3O)[C@H]2SC1. The third-order valence-corrected chi connectivity index (χ3v) is 21.6. The third kappa shape index (κ3) is 20.3. The van der Waals surface area contributed by atoms with Crippen LogP contribution in [0.5, 0.6) is 17.2 Å². The van der Waals surface area contributed by atoms with E-state index < -0.39 is 106 Å². The minimum atomic E-state index is -1.23. The number of hydrogen-bond donors (Lipinski definition) is 4. The maximum absolute atomic E-state index is 13.4. The van der Waals surface area contributed by atoms with Gasteiger partial charge in [-0.25, -0.2) is 33.9 Å². The van der Waals surface area contributed by atoms with Gasteiger partial charge in [0, 0.05) is 52.6 Å². The lowest BCUT2D eigenvalue weighted by atomic mass is 9.89. The number of allylic oxidation sites excluding steroid dienone is 3. The average Bonchev–Trinajstić information content (AvgIpc) is 1.08. The van der Waals surface area contributed by atoms with Crippen molar-refractivity contribution in [2.75, 3.05) is 56.2 Å². The lowest BCUT2D eigenvalue weighted by Gasteiger charge is -2.49. The number of nitrogen functional groups attached to an aromatic ring is 2. The Bertz CT molecular complexity index is 4590. The summed E-state index contributed by atoms with van der Waals surface area (Å²) in [4.78, 5) is 154. The summed E-state index contributed by atoms with van der Waals surface area (Å²) in [5.74, 6) is -4.79. The fourth-order valence-electron chi connectivity index (χ4n) is 11.2. The van der Waals surface area contributed by atoms with Crippen LogP contribution in [0.1, 0.15) is 82.5 Å². The summed E-state index contributed by atoms with van der Waals surface area (Å²) in [6, 6.07) is 20.4. The summed E-state index contributed by atoms with van der Waals surface area (Å²) in [5, 5.41) is 29.2. The number of ketones is 2. The van der Waals surface area contributed by atoms with Crippen molar-refractivity contribution in [2.24, 2.45) is 27.1 Å². The molecule has 6 N–H and O–H groups in total. The van der Waals surface area contributed by atoms with Gasteiger partial charge in [0.25, 0.3) is 5.91 Å².